The predicted molar refractivity (Wildman–Crippen MR) is 29.4 cm³/mol. The van der Waals surface area contributed by atoms with Crippen molar-refractivity contribution in [2.24, 2.45) is 0 Å². The first-order valence-electron chi connectivity index (χ1n) is 2.52. The molecule has 1 rings (SSSR count). The van der Waals surface area contributed by atoms with Gasteiger partial charge in [-0.25, -0.2) is 7.11 Å². The quantitative estimate of drug-likeness (QED) is 0.289. The Morgan fingerprint density at radius 2 is 1.50 bits per heavy atom. The maximum absolute atomic E-state index is 6.75. The molecule has 0 atom stereocenters. The second-order valence-corrected chi connectivity index (χ2v) is 1.46. The van der Waals surface area contributed by atoms with Gasteiger partial charge >= 0.3 is 51.4 Å². The van der Waals surface area contributed by atoms with Gasteiger partial charge in [0.1, 0.15) is 0 Å². The molecule has 0 saturated carbocycles. The summed E-state index contributed by atoms with van der Waals surface area (Å²) in [5, 5.41) is 9.97. The van der Waals surface area contributed by atoms with Crippen LogP contribution in [0, 0.1) is 7.11 Å². The molecule has 8 heavy (non-hydrogen) atoms. The van der Waals surface area contributed by atoms with Gasteiger partial charge in [-0.2, -0.15) is 0 Å². The molecule has 2 N–H and O–H groups in total. The summed E-state index contributed by atoms with van der Waals surface area (Å²) in [5.41, 5.74) is 0. The zero-order valence-electron chi connectivity index (χ0n) is 5.48. The van der Waals surface area contributed by atoms with Gasteiger partial charge in [-0.15, -0.1) is 0 Å². The minimum absolute atomic E-state index is 0. The summed E-state index contributed by atoms with van der Waals surface area (Å²) in [6.07, 6.45) is 2.78. The monoisotopic (exact) mass is 141 g/mol. The van der Waals surface area contributed by atoms with E-state index in [-0.39, 0.29) is 51.4 Å². The van der Waals surface area contributed by atoms with E-state index in [9.17, 15) is 0 Å². The molecule has 1 fully saturated rings. The second-order valence-electron chi connectivity index (χ2n) is 1.46. The number of hydrogen-bond donors (Lipinski definition) is 2. The van der Waals surface area contributed by atoms with Crippen molar-refractivity contribution in [3.63, 3.8) is 0 Å². The summed E-state index contributed by atoms with van der Waals surface area (Å²) in [4.78, 5) is 0. The Bertz CT molecular complexity index is 24.0. The van der Waals surface area contributed by atoms with E-state index in [0.29, 0.717) is 0 Å². The summed E-state index contributed by atoms with van der Waals surface area (Å²) in [6.45, 7) is 2.50. The van der Waals surface area contributed by atoms with Gasteiger partial charge in [0, 0.05) is 0 Å². The number of aliphatic hydroxyl groups is 1. The Morgan fingerprint density at radius 3 is 1.62 bits per heavy atom. The summed E-state index contributed by atoms with van der Waals surface area (Å²) >= 11 is 0. The molecule has 0 amide bonds. The molecule has 0 radical (unpaired) electrons. The molecule has 0 spiro atoms. The van der Waals surface area contributed by atoms with Crippen molar-refractivity contribution in [3.8, 4) is 0 Å². The fraction of sp³-hybridized carbons (Fsp3) is 0.800. The first-order valence-corrected chi connectivity index (χ1v) is 2.52. The number of rotatable bonds is 0. The topological polar surface area (TPSA) is 32.3 Å². The molecule has 0 aliphatic carbocycles. The first kappa shape index (κ1) is 12.3. The van der Waals surface area contributed by atoms with Gasteiger partial charge in [0.25, 0.3) is 0 Å². The van der Waals surface area contributed by atoms with Gasteiger partial charge in [0.15, 0.2) is 0 Å². The van der Waals surface area contributed by atoms with Crippen LogP contribution in [0.15, 0.2) is 0 Å². The molecule has 1 aliphatic heterocycles. The Hall–Kier alpha value is 1.56. The summed E-state index contributed by atoms with van der Waals surface area (Å²) in [5.74, 6) is 0. The third-order valence-electron chi connectivity index (χ3n) is 0.957. The SMILES string of the molecule is C1CCNC1.[CH2-]O.[K+]. The summed E-state index contributed by atoms with van der Waals surface area (Å²) in [7, 11) is 2.25. The second kappa shape index (κ2) is 11.4. The molecule has 1 aliphatic rings. The molecule has 1 saturated heterocycles. The Labute approximate surface area is 93.5 Å². The molecule has 0 aromatic rings. The zero-order chi connectivity index (χ0) is 5.54. The third-order valence-corrected chi connectivity index (χ3v) is 0.957. The molecule has 0 bridgehead atoms. The van der Waals surface area contributed by atoms with E-state index < -0.39 is 0 Å². The van der Waals surface area contributed by atoms with Crippen molar-refractivity contribution in [2.75, 3.05) is 13.1 Å². The predicted octanol–water partition coefficient (Wildman–Crippen LogP) is -2.48. The van der Waals surface area contributed by atoms with Crippen LogP contribution in [0.25, 0.3) is 0 Å². The molecular formula is C5H12KNO. The summed E-state index contributed by atoms with van der Waals surface area (Å²) in [6, 6.07) is 0. The van der Waals surface area contributed by atoms with Crippen molar-refractivity contribution >= 4 is 0 Å². The van der Waals surface area contributed by atoms with Crippen LogP contribution in [0.3, 0.4) is 0 Å². The molecule has 1 heterocycles. The largest absolute Gasteiger partial charge is 1.00 e. The maximum Gasteiger partial charge on any atom is 1.00 e. The molecule has 0 aromatic carbocycles. The van der Waals surface area contributed by atoms with Crippen molar-refractivity contribution < 1.29 is 56.5 Å². The van der Waals surface area contributed by atoms with Crippen molar-refractivity contribution in [2.45, 2.75) is 12.8 Å². The van der Waals surface area contributed by atoms with Gasteiger partial charge < -0.3 is 10.4 Å². The van der Waals surface area contributed by atoms with Crippen LogP contribution in [0.4, 0.5) is 0 Å². The smallest absolute Gasteiger partial charge is 0.569 e. The van der Waals surface area contributed by atoms with Gasteiger partial charge in [0.05, 0.1) is 0 Å². The molecule has 0 unspecified atom stereocenters. The van der Waals surface area contributed by atoms with Crippen molar-refractivity contribution in [1.82, 2.24) is 5.32 Å². The number of hydrogen-bond acceptors (Lipinski definition) is 2. The minimum atomic E-state index is 0. The van der Waals surface area contributed by atoms with Crippen LogP contribution in [0.1, 0.15) is 12.8 Å². The molecule has 2 nitrogen and oxygen atoms in total. The molecule has 3 heteroatoms. The van der Waals surface area contributed by atoms with E-state index in [1.807, 2.05) is 0 Å². The minimum Gasteiger partial charge on any atom is -0.569 e. The van der Waals surface area contributed by atoms with Crippen molar-refractivity contribution in [3.05, 3.63) is 7.11 Å². The fourth-order valence-electron chi connectivity index (χ4n) is 0.625. The number of aliphatic hydroxyl groups excluding tert-OH is 1. The van der Waals surface area contributed by atoms with E-state index >= 15 is 0 Å². The van der Waals surface area contributed by atoms with Crippen LogP contribution in [-0.4, -0.2) is 18.2 Å². The third kappa shape index (κ3) is 7.56. The normalized spacial score (nSPS) is 15.8. The fourth-order valence-corrected chi connectivity index (χ4v) is 0.625. The van der Waals surface area contributed by atoms with Crippen LogP contribution in [0.5, 0.6) is 0 Å². The summed E-state index contributed by atoms with van der Waals surface area (Å²) < 4.78 is 0. The van der Waals surface area contributed by atoms with Crippen LogP contribution in [-0.2, 0) is 0 Å². The van der Waals surface area contributed by atoms with E-state index in [1.165, 1.54) is 25.9 Å². The van der Waals surface area contributed by atoms with Crippen molar-refractivity contribution in [1.29, 1.82) is 0 Å². The molecule has 0 aromatic heterocycles. The van der Waals surface area contributed by atoms with Crippen LogP contribution >= 0.6 is 0 Å². The maximum atomic E-state index is 6.75. The van der Waals surface area contributed by atoms with Gasteiger partial charge in [0.2, 0.25) is 0 Å². The van der Waals surface area contributed by atoms with E-state index in [1.54, 1.807) is 0 Å². The molecule has 44 valence electrons. The van der Waals surface area contributed by atoms with E-state index in [2.05, 4.69) is 12.4 Å². The van der Waals surface area contributed by atoms with Gasteiger partial charge in [-0.3, -0.25) is 0 Å². The Morgan fingerprint density at radius 1 is 1.12 bits per heavy atom. The average Bonchev–Trinajstić information content (AvgIpc) is 2.23. The van der Waals surface area contributed by atoms with Crippen LogP contribution in [0.2, 0.25) is 0 Å². The van der Waals surface area contributed by atoms with Crippen LogP contribution < -0.4 is 56.7 Å². The first-order chi connectivity index (χ1) is 3.50. The van der Waals surface area contributed by atoms with Gasteiger partial charge in [-0.1, -0.05) is 0 Å². The Balaban J connectivity index is 0. The van der Waals surface area contributed by atoms with Gasteiger partial charge in [-0.05, 0) is 25.9 Å². The standard InChI is InChI=1S/C4H9N.CH3O.K/c1-2-4-5-3-1;1-2;/h5H,1-4H2;2H,1H2;/q;-1;+1. The number of nitrogens with one attached hydrogen (secondary N) is 1. The molecular weight excluding hydrogens is 129 g/mol. The average molecular weight is 141 g/mol. The van der Waals surface area contributed by atoms with E-state index in [0.717, 1.165) is 0 Å². The zero-order valence-corrected chi connectivity index (χ0v) is 8.61. The Kier molecular flexibility index (Phi) is 17.4. The van der Waals surface area contributed by atoms with E-state index in [4.69, 9.17) is 5.11 Å².